The number of hydrogen-bond donors (Lipinski definition) is 2. The topological polar surface area (TPSA) is 66.8 Å². The Morgan fingerprint density at radius 3 is 2.72 bits per heavy atom. The van der Waals surface area contributed by atoms with Crippen molar-refractivity contribution in [3.05, 3.63) is 28.8 Å². The van der Waals surface area contributed by atoms with E-state index in [-0.39, 0.29) is 12.3 Å². The van der Waals surface area contributed by atoms with Crippen molar-refractivity contribution in [2.24, 2.45) is 5.92 Å². The van der Waals surface area contributed by atoms with Gasteiger partial charge in [0.1, 0.15) is 5.75 Å². The first kappa shape index (κ1) is 14.8. The summed E-state index contributed by atoms with van der Waals surface area (Å²) in [6.45, 7) is 1.79. The number of aliphatic hydroxyl groups is 1. The molecule has 0 heterocycles. The van der Waals surface area contributed by atoms with Crippen LogP contribution in [-0.2, 0) is 4.79 Å². The zero-order valence-electron chi connectivity index (χ0n) is 10.4. The van der Waals surface area contributed by atoms with Gasteiger partial charge in [-0.25, -0.2) is 0 Å². The van der Waals surface area contributed by atoms with Crippen LogP contribution in [0.3, 0.4) is 0 Å². The quantitative estimate of drug-likeness (QED) is 0.836. The molecular formula is C13H17ClO4. The number of ether oxygens (including phenoxy) is 1. The lowest BCUT2D eigenvalue weighted by Crippen LogP contribution is -2.10. The molecule has 0 aliphatic rings. The van der Waals surface area contributed by atoms with Gasteiger partial charge in [0, 0.05) is 17.0 Å². The average Bonchev–Trinajstić information content (AvgIpc) is 2.27. The molecule has 0 amide bonds. The van der Waals surface area contributed by atoms with E-state index >= 15 is 0 Å². The third-order valence-electron chi connectivity index (χ3n) is 2.70. The van der Waals surface area contributed by atoms with Crippen molar-refractivity contribution >= 4 is 17.6 Å². The first-order valence-electron chi connectivity index (χ1n) is 5.67. The molecule has 100 valence electrons. The number of aliphatic hydroxyl groups excluding tert-OH is 1. The van der Waals surface area contributed by atoms with Gasteiger partial charge in [-0.1, -0.05) is 18.5 Å². The first-order chi connectivity index (χ1) is 8.43. The van der Waals surface area contributed by atoms with Crippen molar-refractivity contribution in [2.75, 3.05) is 7.11 Å². The largest absolute Gasteiger partial charge is 0.496 e. The Morgan fingerprint density at radius 2 is 2.17 bits per heavy atom. The number of hydrogen-bond acceptors (Lipinski definition) is 3. The molecule has 2 atom stereocenters. The molecule has 1 rings (SSSR count). The monoisotopic (exact) mass is 272 g/mol. The highest BCUT2D eigenvalue weighted by molar-refractivity contribution is 6.30. The van der Waals surface area contributed by atoms with Crippen molar-refractivity contribution in [3.8, 4) is 5.75 Å². The molecule has 0 bridgehead atoms. The van der Waals surface area contributed by atoms with Crippen LogP contribution >= 0.6 is 11.6 Å². The fourth-order valence-electron chi connectivity index (χ4n) is 1.86. The van der Waals surface area contributed by atoms with E-state index in [9.17, 15) is 9.90 Å². The van der Waals surface area contributed by atoms with Crippen molar-refractivity contribution in [3.63, 3.8) is 0 Å². The molecule has 2 unspecified atom stereocenters. The fraction of sp³-hybridized carbons (Fsp3) is 0.462. The van der Waals surface area contributed by atoms with Crippen LogP contribution < -0.4 is 4.74 Å². The smallest absolute Gasteiger partial charge is 0.303 e. The van der Waals surface area contributed by atoms with E-state index < -0.39 is 12.1 Å². The third-order valence-corrected chi connectivity index (χ3v) is 2.93. The van der Waals surface area contributed by atoms with Gasteiger partial charge >= 0.3 is 5.97 Å². The van der Waals surface area contributed by atoms with Crippen LogP contribution in [0.4, 0.5) is 0 Å². The van der Waals surface area contributed by atoms with Gasteiger partial charge in [0.2, 0.25) is 0 Å². The summed E-state index contributed by atoms with van der Waals surface area (Å²) >= 11 is 5.88. The Bertz CT molecular complexity index is 419. The minimum absolute atomic E-state index is 0.0277. The highest BCUT2D eigenvalue weighted by Crippen LogP contribution is 2.32. The average molecular weight is 273 g/mol. The summed E-state index contributed by atoms with van der Waals surface area (Å²) in [5.74, 6) is -0.441. The SMILES string of the molecule is COc1ccc(Cl)cc1C(O)CC(C)CC(=O)O. The Morgan fingerprint density at radius 1 is 1.50 bits per heavy atom. The Hall–Kier alpha value is -1.26. The molecule has 5 heteroatoms. The van der Waals surface area contributed by atoms with Gasteiger partial charge in [-0.05, 0) is 30.5 Å². The van der Waals surface area contributed by atoms with E-state index in [4.69, 9.17) is 21.4 Å². The summed E-state index contributed by atoms with van der Waals surface area (Å²) in [7, 11) is 1.51. The molecular weight excluding hydrogens is 256 g/mol. The van der Waals surface area contributed by atoms with E-state index in [0.29, 0.717) is 22.8 Å². The molecule has 2 N–H and O–H groups in total. The van der Waals surface area contributed by atoms with E-state index in [2.05, 4.69) is 0 Å². The van der Waals surface area contributed by atoms with Gasteiger partial charge in [-0.2, -0.15) is 0 Å². The van der Waals surface area contributed by atoms with Crippen LogP contribution in [0.5, 0.6) is 5.75 Å². The number of methoxy groups -OCH3 is 1. The molecule has 0 radical (unpaired) electrons. The molecule has 0 aliphatic carbocycles. The molecule has 0 aromatic heterocycles. The number of carboxylic acid groups (broad SMARTS) is 1. The van der Waals surface area contributed by atoms with Crippen LogP contribution in [0.25, 0.3) is 0 Å². The normalized spacial score (nSPS) is 14.0. The summed E-state index contributed by atoms with van der Waals surface area (Å²) < 4.78 is 5.15. The molecule has 0 saturated heterocycles. The minimum Gasteiger partial charge on any atom is -0.496 e. The summed E-state index contributed by atoms with van der Waals surface area (Å²) in [5, 5.41) is 19.3. The van der Waals surface area contributed by atoms with Gasteiger partial charge in [0.15, 0.2) is 0 Å². The van der Waals surface area contributed by atoms with Gasteiger partial charge in [-0.15, -0.1) is 0 Å². The number of carboxylic acids is 1. The predicted molar refractivity (Wildman–Crippen MR) is 69.0 cm³/mol. The molecule has 1 aromatic rings. The Labute approximate surface area is 111 Å². The molecule has 0 fully saturated rings. The lowest BCUT2D eigenvalue weighted by Gasteiger charge is -2.18. The van der Waals surface area contributed by atoms with E-state index in [1.807, 2.05) is 0 Å². The van der Waals surface area contributed by atoms with E-state index in [1.165, 1.54) is 7.11 Å². The van der Waals surface area contributed by atoms with Gasteiger partial charge in [-0.3, -0.25) is 4.79 Å². The van der Waals surface area contributed by atoms with Gasteiger partial charge < -0.3 is 14.9 Å². The van der Waals surface area contributed by atoms with E-state index in [0.717, 1.165) is 0 Å². The van der Waals surface area contributed by atoms with Crippen LogP contribution in [0.2, 0.25) is 5.02 Å². The number of aliphatic carboxylic acids is 1. The van der Waals surface area contributed by atoms with Gasteiger partial charge in [0.05, 0.1) is 13.2 Å². The second kappa shape index (κ2) is 6.61. The maximum atomic E-state index is 10.6. The molecule has 0 spiro atoms. The van der Waals surface area contributed by atoms with Crippen LogP contribution in [-0.4, -0.2) is 23.3 Å². The summed E-state index contributed by atoms with van der Waals surface area (Å²) in [5.41, 5.74) is 0.585. The Balaban J connectivity index is 2.79. The lowest BCUT2D eigenvalue weighted by atomic mass is 9.95. The highest BCUT2D eigenvalue weighted by Gasteiger charge is 2.18. The second-order valence-electron chi connectivity index (χ2n) is 4.34. The molecule has 0 saturated carbocycles. The summed E-state index contributed by atoms with van der Waals surface area (Å²) in [6.07, 6.45) is -0.406. The minimum atomic E-state index is -0.868. The maximum Gasteiger partial charge on any atom is 0.303 e. The first-order valence-corrected chi connectivity index (χ1v) is 6.05. The molecule has 4 nitrogen and oxygen atoms in total. The predicted octanol–water partition coefficient (Wildman–Crippen LogP) is 2.88. The van der Waals surface area contributed by atoms with Crippen LogP contribution in [0.1, 0.15) is 31.4 Å². The third kappa shape index (κ3) is 4.20. The van der Waals surface area contributed by atoms with Crippen molar-refractivity contribution in [1.82, 2.24) is 0 Å². The number of benzene rings is 1. The summed E-state index contributed by atoms with van der Waals surface area (Å²) in [4.78, 5) is 10.6. The van der Waals surface area contributed by atoms with E-state index in [1.54, 1.807) is 25.1 Å². The second-order valence-corrected chi connectivity index (χ2v) is 4.78. The zero-order valence-corrected chi connectivity index (χ0v) is 11.1. The zero-order chi connectivity index (χ0) is 13.7. The number of carbonyl (C=O) groups is 1. The molecule has 0 aliphatic heterocycles. The molecule has 1 aromatic carbocycles. The standard InChI is InChI=1S/C13H17ClO4/c1-8(6-13(16)17)5-11(15)10-7-9(14)3-4-12(10)18-2/h3-4,7-8,11,15H,5-6H2,1-2H3,(H,16,17). The van der Waals surface area contributed by atoms with Crippen molar-refractivity contribution in [2.45, 2.75) is 25.9 Å². The van der Waals surface area contributed by atoms with Crippen molar-refractivity contribution < 1.29 is 19.7 Å². The fourth-order valence-corrected chi connectivity index (χ4v) is 2.04. The van der Waals surface area contributed by atoms with Crippen LogP contribution in [0, 0.1) is 5.92 Å². The highest BCUT2D eigenvalue weighted by atomic mass is 35.5. The number of rotatable bonds is 6. The van der Waals surface area contributed by atoms with Crippen LogP contribution in [0.15, 0.2) is 18.2 Å². The molecule has 18 heavy (non-hydrogen) atoms. The van der Waals surface area contributed by atoms with Crippen molar-refractivity contribution in [1.29, 1.82) is 0 Å². The van der Waals surface area contributed by atoms with Gasteiger partial charge in [0.25, 0.3) is 0 Å². The lowest BCUT2D eigenvalue weighted by molar-refractivity contribution is -0.138. The summed E-state index contributed by atoms with van der Waals surface area (Å²) in [6, 6.07) is 5.00. The Kier molecular flexibility index (Phi) is 5.44. The number of halogens is 1. The maximum absolute atomic E-state index is 10.6.